The minimum atomic E-state index is -1.16. The average molecular weight is 767 g/mol. The highest BCUT2D eigenvalue weighted by atomic mass is 16.5. The third-order valence-corrected chi connectivity index (χ3v) is 12.4. The summed E-state index contributed by atoms with van der Waals surface area (Å²) in [7, 11) is 0. The first-order chi connectivity index (χ1) is 26.3. The van der Waals surface area contributed by atoms with Crippen LogP contribution in [0, 0.1) is 17.3 Å². The fourth-order valence-corrected chi connectivity index (χ4v) is 9.07. The summed E-state index contributed by atoms with van der Waals surface area (Å²) < 4.78 is 11.0. The molecule has 312 valence electrons. The number of esters is 2. The third kappa shape index (κ3) is 16.3. The second-order valence-corrected chi connectivity index (χ2v) is 17.0. The van der Waals surface area contributed by atoms with Crippen molar-refractivity contribution in [2.45, 2.75) is 195 Å². The van der Waals surface area contributed by atoms with Gasteiger partial charge in [-0.05, 0) is 108 Å². The van der Waals surface area contributed by atoms with Gasteiger partial charge in [0.2, 0.25) is 0 Å². The molecule has 7 nitrogen and oxygen atoms in total. The highest BCUT2D eigenvalue weighted by Gasteiger charge is 2.63. The summed E-state index contributed by atoms with van der Waals surface area (Å²) in [6.45, 7) is 16.3. The molecule has 0 radical (unpaired) electrons. The van der Waals surface area contributed by atoms with Crippen LogP contribution in [-0.2, 0) is 23.9 Å². The van der Waals surface area contributed by atoms with Crippen LogP contribution in [0.4, 0.5) is 0 Å². The standard InChI is InChI=1S/C48H78O7/c1-8-9-10-11-12-13-14-15-16-17-18-19-20-29-45(51)54-34-23-28-44-42(39(5)35-49)30-32-47(7,53)48(44)33-31-43(46(48)52)38(4)25-22-27-41(36-55-40(6)50)26-21-24-37(2)3/h22,24-25,27,35,43-44,46,52-53H,4,8-21,23,26,28-34,36H2,1-3,5-7H3/b25-22+,41-27-,42-39-/t43-,44+,46+,47-,48-/m0/s1. The Bertz CT molecular complexity index is 1310. The zero-order valence-corrected chi connectivity index (χ0v) is 35.7. The van der Waals surface area contributed by atoms with Crippen molar-refractivity contribution in [2.75, 3.05) is 13.2 Å². The number of hydrogen-bond acceptors (Lipinski definition) is 7. The van der Waals surface area contributed by atoms with Crippen LogP contribution in [0.1, 0.15) is 183 Å². The highest BCUT2D eigenvalue weighted by Crippen LogP contribution is 2.63. The zero-order valence-electron chi connectivity index (χ0n) is 35.7. The lowest BCUT2D eigenvalue weighted by Crippen LogP contribution is -2.59. The van der Waals surface area contributed by atoms with Crippen LogP contribution in [-0.4, -0.2) is 53.4 Å². The molecular formula is C48H78O7. The van der Waals surface area contributed by atoms with E-state index in [4.69, 9.17) is 9.47 Å². The highest BCUT2D eigenvalue weighted by molar-refractivity contribution is 5.74. The molecule has 2 aliphatic rings. The van der Waals surface area contributed by atoms with E-state index in [2.05, 4.69) is 33.4 Å². The molecule has 55 heavy (non-hydrogen) atoms. The Morgan fingerprint density at radius 3 is 2.07 bits per heavy atom. The predicted octanol–water partition coefficient (Wildman–Crippen LogP) is 11.6. The van der Waals surface area contributed by atoms with Crippen LogP contribution in [0.5, 0.6) is 0 Å². The van der Waals surface area contributed by atoms with Gasteiger partial charge >= 0.3 is 11.9 Å². The van der Waals surface area contributed by atoms with E-state index >= 15 is 0 Å². The Balaban J connectivity index is 1.97. The van der Waals surface area contributed by atoms with Gasteiger partial charge in [0, 0.05) is 24.7 Å². The molecule has 0 aromatic rings. The molecule has 0 saturated heterocycles. The van der Waals surface area contributed by atoms with Gasteiger partial charge < -0.3 is 19.7 Å². The molecule has 0 unspecified atom stereocenters. The van der Waals surface area contributed by atoms with E-state index in [-0.39, 0.29) is 37.0 Å². The fraction of sp³-hybridized carbons (Fsp3) is 0.729. The lowest BCUT2D eigenvalue weighted by atomic mass is 9.52. The van der Waals surface area contributed by atoms with Gasteiger partial charge in [-0.15, -0.1) is 0 Å². The maximum atomic E-state index is 12.6. The van der Waals surface area contributed by atoms with E-state index in [1.165, 1.54) is 76.7 Å². The van der Waals surface area contributed by atoms with Crippen molar-refractivity contribution >= 4 is 18.2 Å². The molecule has 1 spiro atoms. The van der Waals surface area contributed by atoms with Gasteiger partial charge in [0.25, 0.3) is 0 Å². The summed E-state index contributed by atoms with van der Waals surface area (Å²) in [5.74, 6) is -0.991. The van der Waals surface area contributed by atoms with Crippen molar-refractivity contribution < 1.29 is 34.1 Å². The normalized spacial score (nSPS) is 24.9. The van der Waals surface area contributed by atoms with Crippen molar-refractivity contribution in [1.29, 1.82) is 0 Å². The molecule has 2 N–H and O–H groups in total. The number of aldehydes is 1. The molecular weight excluding hydrogens is 689 g/mol. The number of carbonyl (C=O) groups is 3. The van der Waals surface area contributed by atoms with Crippen LogP contribution in [0.15, 0.2) is 58.7 Å². The zero-order chi connectivity index (χ0) is 40.7. The fourth-order valence-electron chi connectivity index (χ4n) is 9.07. The van der Waals surface area contributed by atoms with Crippen molar-refractivity contribution in [3.05, 3.63) is 58.7 Å². The largest absolute Gasteiger partial charge is 0.466 e. The quantitative estimate of drug-likeness (QED) is 0.0214. The van der Waals surface area contributed by atoms with Crippen LogP contribution in [0.25, 0.3) is 0 Å². The first-order valence-electron chi connectivity index (χ1n) is 21.8. The van der Waals surface area contributed by atoms with Gasteiger partial charge in [-0.3, -0.25) is 14.4 Å². The number of carbonyl (C=O) groups excluding carboxylic acids is 3. The van der Waals surface area contributed by atoms with Crippen LogP contribution in [0.3, 0.4) is 0 Å². The predicted molar refractivity (Wildman–Crippen MR) is 225 cm³/mol. The van der Waals surface area contributed by atoms with Gasteiger partial charge in [0.05, 0.1) is 18.3 Å². The number of allylic oxidation sites excluding steroid dienone is 7. The Morgan fingerprint density at radius 1 is 0.873 bits per heavy atom. The summed E-state index contributed by atoms with van der Waals surface area (Å²) >= 11 is 0. The Morgan fingerprint density at radius 2 is 1.49 bits per heavy atom. The number of aliphatic hydroxyl groups excluding tert-OH is 1. The van der Waals surface area contributed by atoms with Crippen molar-refractivity contribution in [2.24, 2.45) is 17.3 Å². The van der Waals surface area contributed by atoms with Crippen molar-refractivity contribution in [3.63, 3.8) is 0 Å². The summed E-state index contributed by atoms with van der Waals surface area (Å²) in [6, 6.07) is 0. The first-order valence-corrected chi connectivity index (χ1v) is 21.8. The number of hydrogen-bond donors (Lipinski definition) is 2. The van der Waals surface area contributed by atoms with Crippen LogP contribution < -0.4 is 0 Å². The van der Waals surface area contributed by atoms with Gasteiger partial charge in [-0.25, -0.2) is 0 Å². The minimum absolute atomic E-state index is 0.167. The Kier molecular flexibility index (Phi) is 23.1. The molecule has 7 heteroatoms. The monoisotopic (exact) mass is 767 g/mol. The maximum absolute atomic E-state index is 12.6. The third-order valence-electron chi connectivity index (χ3n) is 12.4. The number of unbranched alkanes of at least 4 members (excludes halogenated alkanes) is 12. The molecule has 0 heterocycles. The van der Waals surface area contributed by atoms with Gasteiger partial charge in [0.15, 0.2) is 0 Å². The Hall–Kier alpha value is -2.77. The van der Waals surface area contributed by atoms with E-state index in [9.17, 15) is 24.6 Å². The maximum Gasteiger partial charge on any atom is 0.305 e. The summed E-state index contributed by atoms with van der Waals surface area (Å²) in [6.07, 6.45) is 29.9. The SMILES string of the molecule is C=C(/C=C/C=C(/CCC=C(C)C)COC(C)=O)[C@@H]1CC[C@]2([C@H](CCCOC(=O)CCCCCCCCCCCCCCC)/C(=C(/C)C=O)CC[C@]2(C)O)[C@@H]1O. The number of rotatable bonds is 27. The number of ether oxygens (including phenoxy) is 2. The molecule has 2 rings (SSSR count). The lowest BCUT2D eigenvalue weighted by molar-refractivity contribution is -0.168. The van der Waals surface area contributed by atoms with E-state index in [0.717, 1.165) is 55.1 Å². The summed E-state index contributed by atoms with van der Waals surface area (Å²) in [5, 5.41) is 24.2. The molecule has 0 aliphatic heterocycles. The summed E-state index contributed by atoms with van der Waals surface area (Å²) in [5.41, 5.74) is 2.62. The molecule has 5 atom stereocenters. The number of aliphatic hydroxyl groups is 2. The van der Waals surface area contributed by atoms with Crippen molar-refractivity contribution in [1.82, 2.24) is 0 Å². The minimum Gasteiger partial charge on any atom is -0.466 e. The first kappa shape index (κ1) is 48.4. The van der Waals surface area contributed by atoms with E-state index in [1.807, 2.05) is 32.1 Å². The molecule has 0 aromatic carbocycles. The van der Waals surface area contributed by atoms with E-state index in [1.54, 1.807) is 0 Å². The smallest absolute Gasteiger partial charge is 0.305 e. The van der Waals surface area contributed by atoms with Gasteiger partial charge in [-0.2, -0.15) is 0 Å². The van der Waals surface area contributed by atoms with Crippen LogP contribution >= 0.6 is 0 Å². The lowest BCUT2D eigenvalue weighted by Gasteiger charge is -2.55. The van der Waals surface area contributed by atoms with Crippen LogP contribution in [0.2, 0.25) is 0 Å². The average Bonchev–Trinajstić information content (AvgIpc) is 3.49. The second-order valence-electron chi connectivity index (χ2n) is 17.0. The molecule has 0 aromatic heterocycles. The van der Waals surface area contributed by atoms with E-state index in [0.29, 0.717) is 50.5 Å². The molecule has 2 aliphatic carbocycles. The molecule has 2 fully saturated rings. The summed E-state index contributed by atoms with van der Waals surface area (Å²) in [4.78, 5) is 36.2. The Labute approximate surface area is 335 Å². The topological polar surface area (TPSA) is 110 Å². The second kappa shape index (κ2) is 26.2. The molecule has 0 bridgehead atoms. The van der Waals surface area contributed by atoms with Crippen molar-refractivity contribution in [3.8, 4) is 0 Å². The molecule has 0 amide bonds. The van der Waals surface area contributed by atoms with E-state index < -0.39 is 17.1 Å². The van der Waals surface area contributed by atoms with Gasteiger partial charge in [-0.1, -0.05) is 126 Å². The van der Waals surface area contributed by atoms with Gasteiger partial charge in [0.1, 0.15) is 12.9 Å². The molecule has 2 saturated carbocycles.